The highest BCUT2D eigenvalue weighted by Gasteiger charge is 2.17. The zero-order valence-corrected chi connectivity index (χ0v) is 11.4. The van der Waals surface area contributed by atoms with Crippen molar-refractivity contribution >= 4 is 17.4 Å². The van der Waals surface area contributed by atoms with E-state index in [0.717, 1.165) is 30.5 Å². The van der Waals surface area contributed by atoms with Crippen LogP contribution in [-0.2, 0) is 4.79 Å². The SMILES string of the molecule is CC1CCCN(c2ccc(NC(=O)CCN)cn2)C1. The molecule has 0 aliphatic carbocycles. The fraction of sp³-hybridized carbons (Fsp3) is 0.571. The van der Waals surface area contributed by atoms with E-state index >= 15 is 0 Å². The topological polar surface area (TPSA) is 71.2 Å². The molecule has 2 rings (SSSR count). The molecule has 1 saturated heterocycles. The van der Waals surface area contributed by atoms with Gasteiger partial charge in [-0.05, 0) is 30.9 Å². The molecule has 104 valence electrons. The number of pyridine rings is 1. The van der Waals surface area contributed by atoms with E-state index in [1.807, 2.05) is 12.1 Å². The summed E-state index contributed by atoms with van der Waals surface area (Å²) in [5.41, 5.74) is 6.06. The van der Waals surface area contributed by atoms with E-state index in [4.69, 9.17) is 5.73 Å². The molecule has 0 radical (unpaired) electrons. The Kier molecular flexibility index (Phi) is 4.74. The number of carbonyl (C=O) groups excluding carboxylic acids is 1. The van der Waals surface area contributed by atoms with Crippen molar-refractivity contribution in [1.82, 2.24) is 4.98 Å². The Bertz CT molecular complexity index is 418. The standard InChI is InChI=1S/C14H22N4O/c1-11-3-2-8-18(10-11)13-5-4-12(9-16-13)17-14(19)6-7-15/h4-5,9,11H,2-3,6-8,10,15H2,1H3,(H,17,19). The van der Waals surface area contributed by atoms with Gasteiger partial charge >= 0.3 is 0 Å². The predicted octanol–water partition coefficient (Wildman–Crippen LogP) is 1.61. The quantitative estimate of drug-likeness (QED) is 0.864. The van der Waals surface area contributed by atoms with Crippen molar-refractivity contribution in [2.75, 3.05) is 29.9 Å². The van der Waals surface area contributed by atoms with E-state index in [0.29, 0.717) is 13.0 Å². The first-order valence-electron chi connectivity index (χ1n) is 6.90. The normalized spacial score (nSPS) is 19.3. The molecule has 1 amide bonds. The molecule has 1 unspecified atom stereocenters. The van der Waals surface area contributed by atoms with Gasteiger partial charge in [-0.3, -0.25) is 4.79 Å². The van der Waals surface area contributed by atoms with E-state index in [1.165, 1.54) is 12.8 Å². The van der Waals surface area contributed by atoms with E-state index in [9.17, 15) is 4.79 Å². The average Bonchev–Trinajstić information content (AvgIpc) is 2.40. The molecule has 0 saturated carbocycles. The largest absolute Gasteiger partial charge is 0.356 e. The fourth-order valence-electron chi connectivity index (χ4n) is 2.40. The molecule has 1 atom stereocenters. The van der Waals surface area contributed by atoms with E-state index in [1.54, 1.807) is 6.20 Å². The van der Waals surface area contributed by atoms with Crippen LogP contribution in [0.4, 0.5) is 11.5 Å². The van der Waals surface area contributed by atoms with Gasteiger partial charge in [0.2, 0.25) is 5.91 Å². The van der Waals surface area contributed by atoms with Crippen molar-refractivity contribution in [2.24, 2.45) is 11.7 Å². The number of carbonyl (C=O) groups is 1. The molecule has 5 heteroatoms. The first-order chi connectivity index (χ1) is 9.19. The summed E-state index contributed by atoms with van der Waals surface area (Å²) in [6, 6.07) is 3.87. The van der Waals surface area contributed by atoms with Crippen LogP contribution in [0.1, 0.15) is 26.2 Å². The van der Waals surface area contributed by atoms with Crippen LogP contribution in [0.2, 0.25) is 0 Å². The van der Waals surface area contributed by atoms with Crippen molar-refractivity contribution in [3.8, 4) is 0 Å². The number of nitrogens with zero attached hydrogens (tertiary/aromatic N) is 2. The highest BCUT2D eigenvalue weighted by atomic mass is 16.1. The molecule has 1 aromatic rings. The Balaban J connectivity index is 1.96. The minimum absolute atomic E-state index is 0.0661. The molecular weight excluding hydrogens is 240 g/mol. The lowest BCUT2D eigenvalue weighted by Gasteiger charge is -2.31. The van der Waals surface area contributed by atoms with Gasteiger partial charge in [0.05, 0.1) is 11.9 Å². The summed E-state index contributed by atoms with van der Waals surface area (Å²) >= 11 is 0. The Labute approximate surface area is 114 Å². The maximum atomic E-state index is 11.4. The second-order valence-corrected chi connectivity index (χ2v) is 5.19. The molecule has 19 heavy (non-hydrogen) atoms. The smallest absolute Gasteiger partial charge is 0.225 e. The third kappa shape index (κ3) is 3.92. The zero-order valence-electron chi connectivity index (χ0n) is 11.4. The summed E-state index contributed by atoms with van der Waals surface area (Å²) in [7, 11) is 0. The van der Waals surface area contributed by atoms with Gasteiger partial charge in [0.15, 0.2) is 0 Å². The first kappa shape index (κ1) is 13.8. The Morgan fingerprint density at radius 3 is 3.05 bits per heavy atom. The van der Waals surface area contributed by atoms with Crippen molar-refractivity contribution in [3.05, 3.63) is 18.3 Å². The van der Waals surface area contributed by atoms with Crippen LogP contribution in [0.15, 0.2) is 18.3 Å². The molecule has 1 aliphatic rings. The molecule has 1 aromatic heterocycles. The minimum Gasteiger partial charge on any atom is -0.356 e. The van der Waals surface area contributed by atoms with Crippen LogP contribution < -0.4 is 16.0 Å². The summed E-state index contributed by atoms with van der Waals surface area (Å²) in [6.45, 7) is 4.76. The summed E-state index contributed by atoms with van der Waals surface area (Å²) in [4.78, 5) is 18.1. The Morgan fingerprint density at radius 2 is 2.42 bits per heavy atom. The van der Waals surface area contributed by atoms with Gasteiger partial charge in [0, 0.05) is 26.1 Å². The van der Waals surface area contributed by atoms with E-state index in [2.05, 4.69) is 22.1 Å². The molecule has 5 nitrogen and oxygen atoms in total. The van der Waals surface area contributed by atoms with Gasteiger partial charge in [-0.25, -0.2) is 4.98 Å². The van der Waals surface area contributed by atoms with Gasteiger partial charge in [0.25, 0.3) is 0 Å². The monoisotopic (exact) mass is 262 g/mol. The van der Waals surface area contributed by atoms with Crippen LogP contribution in [0.5, 0.6) is 0 Å². The summed E-state index contributed by atoms with van der Waals surface area (Å²) in [6.07, 6.45) is 4.57. The van der Waals surface area contributed by atoms with E-state index < -0.39 is 0 Å². The molecule has 0 aromatic carbocycles. The predicted molar refractivity (Wildman–Crippen MR) is 77.1 cm³/mol. The lowest BCUT2D eigenvalue weighted by Crippen LogP contribution is -2.34. The van der Waals surface area contributed by atoms with E-state index in [-0.39, 0.29) is 5.91 Å². The van der Waals surface area contributed by atoms with Gasteiger partial charge in [0.1, 0.15) is 5.82 Å². The number of nitrogens with one attached hydrogen (secondary N) is 1. The molecule has 2 heterocycles. The minimum atomic E-state index is -0.0661. The molecule has 1 fully saturated rings. The van der Waals surface area contributed by atoms with Crippen LogP contribution in [0.25, 0.3) is 0 Å². The zero-order chi connectivity index (χ0) is 13.7. The summed E-state index contributed by atoms with van der Waals surface area (Å²) < 4.78 is 0. The first-order valence-corrected chi connectivity index (χ1v) is 6.90. The maximum absolute atomic E-state index is 11.4. The third-order valence-corrected chi connectivity index (χ3v) is 3.38. The second kappa shape index (κ2) is 6.52. The van der Waals surface area contributed by atoms with Crippen molar-refractivity contribution in [2.45, 2.75) is 26.2 Å². The molecule has 3 N–H and O–H groups in total. The number of hydrogen-bond acceptors (Lipinski definition) is 4. The number of hydrogen-bond donors (Lipinski definition) is 2. The number of rotatable bonds is 4. The highest BCUT2D eigenvalue weighted by Crippen LogP contribution is 2.21. The molecular formula is C14H22N4O. The second-order valence-electron chi connectivity index (χ2n) is 5.19. The van der Waals surface area contributed by atoms with Crippen LogP contribution >= 0.6 is 0 Å². The number of nitrogens with two attached hydrogens (primary N) is 1. The maximum Gasteiger partial charge on any atom is 0.225 e. The molecule has 0 bridgehead atoms. The number of anilines is 2. The lowest BCUT2D eigenvalue weighted by atomic mass is 10.0. The van der Waals surface area contributed by atoms with Crippen LogP contribution in [-0.4, -0.2) is 30.5 Å². The Hall–Kier alpha value is -1.62. The van der Waals surface area contributed by atoms with Gasteiger partial charge in [-0.15, -0.1) is 0 Å². The molecule has 0 spiro atoms. The fourth-order valence-corrected chi connectivity index (χ4v) is 2.40. The van der Waals surface area contributed by atoms with Gasteiger partial charge in [-0.2, -0.15) is 0 Å². The molecule has 1 aliphatic heterocycles. The van der Waals surface area contributed by atoms with Gasteiger partial charge in [-0.1, -0.05) is 6.92 Å². The van der Waals surface area contributed by atoms with Gasteiger partial charge < -0.3 is 16.0 Å². The average molecular weight is 262 g/mol. The summed E-state index contributed by atoms with van der Waals surface area (Å²) in [5, 5.41) is 2.78. The highest BCUT2D eigenvalue weighted by molar-refractivity contribution is 5.90. The van der Waals surface area contributed by atoms with Crippen LogP contribution in [0, 0.1) is 5.92 Å². The third-order valence-electron chi connectivity index (χ3n) is 3.38. The number of piperidine rings is 1. The summed E-state index contributed by atoms with van der Waals surface area (Å²) in [5.74, 6) is 1.64. The van der Waals surface area contributed by atoms with Crippen molar-refractivity contribution < 1.29 is 4.79 Å². The lowest BCUT2D eigenvalue weighted by molar-refractivity contribution is -0.116. The Morgan fingerprint density at radius 1 is 1.58 bits per heavy atom. The van der Waals surface area contributed by atoms with Crippen molar-refractivity contribution in [3.63, 3.8) is 0 Å². The van der Waals surface area contributed by atoms with Crippen LogP contribution in [0.3, 0.4) is 0 Å². The van der Waals surface area contributed by atoms with Crippen molar-refractivity contribution in [1.29, 1.82) is 0 Å². The number of aromatic nitrogens is 1. The number of amides is 1.